The standard InChI is InChI=1S/C27H36N3O2P/c1-6-31-25-15-11-10-14-24(25)29-18-20-30(21-19-29)33(27(3,4)5,26-17-16-22(2)32-26)28-23-12-8-7-9-13-23/h7-17H,6,18-21H2,1-5H3/t33-/m0/s1. The van der Waals surface area contributed by atoms with E-state index in [0.717, 1.165) is 48.9 Å². The number of aryl methyl sites for hydroxylation is 1. The van der Waals surface area contributed by atoms with E-state index in [1.807, 2.05) is 26.0 Å². The molecule has 1 fully saturated rings. The minimum absolute atomic E-state index is 0.0848. The summed E-state index contributed by atoms with van der Waals surface area (Å²) in [6, 6.07) is 23.0. The molecule has 6 heteroatoms. The van der Waals surface area contributed by atoms with Crippen molar-refractivity contribution >= 4 is 24.1 Å². The van der Waals surface area contributed by atoms with E-state index in [1.54, 1.807) is 0 Å². The number of hydrogen-bond acceptors (Lipinski definition) is 4. The molecule has 3 aromatic rings. The van der Waals surface area contributed by atoms with Gasteiger partial charge >= 0.3 is 0 Å². The molecule has 4 rings (SSSR count). The highest BCUT2D eigenvalue weighted by molar-refractivity contribution is 7.72. The lowest BCUT2D eigenvalue weighted by molar-refractivity contribution is 0.337. The molecule has 176 valence electrons. The molecule has 1 aliphatic rings. The lowest BCUT2D eigenvalue weighted by Gasteiger charge is -2.47. The number of nitrogens with zero attached hydrogens (tertiary/aromatic N) is 3. The van der Waals surface area contributed by atoms with E-state index in [-0.39, 0.29) is 5.16 Å². The minimum atomic E-state index is -2.22. The van der Waals surface area contributed by atoms with Crippen LogP contribution in [0.25, 0.3) is 0 Å². The normalized spacial score (nSPS) is 16.9. The van der Waals surface area contributed by atoms with Gasteiger partial charge in [0.25, 0.3) is 0 Å². The van der Waals surface area contributed by atoms with Gasteiger partial charge in [-0.3, -0.25) is 4.67 Å². The number of ether oxygens (including phenoxy) is 1. The molecule has 0 radical (unpaired) electrons. The average molecular weight is 466 g/mol. The summed E-state index contributed by atoms with van der Waals surface area (Å²) >= 11 is 0. The maximum absolute atomic E-state index is 6.34. The minimum Gasteiger partial charge on any atom is -0.492 e. The lowest BCUT2D eigenvalue weighted by atomic mass is 10.2. The van der Waals surface area contributed by atoms with Crippen molar-refractivity contribution in [1.82, 2.24) is 4.67 Å². The van der Waals surface area contributed by atoms with Crippen LogP contribution in [0.1, 0.15) is 33.5 Å². The van der Waals surface area contributed by atoms with E-state index in [4.69, 9.17) is 13.9 Å². The second-order valence-electron chi connectivity index (χ2n) is 9.43. The number of rotatable bonds is 6. The van der Waals surface area contributed by atoms with Crippen molar-refractivity contribution in [2.24, 2.45) is 4.74 Å². The number of piperazine rings is 1. The predicted molar refractivity (Wildman–Crippen MR) is 140 cm³/mol. The molecule has 0 unspecified atom stereocenters. The Morgan fingerprint density at radius 2 is 1.58 bits per heavy atom. The lowest BCUT2D eigenvalue weighted by Crippen LogP contribution is -2.48. The summed E-state index contributed by atoms with van der Waals surface area (Å²) in [5.74, 6) is 1.90. The number of benzene rings is 2. The van der Waals surface area contributed by atoms with Gasteiger partial charge in [0.2, 0.25) is 0 Å². The molecule has 0 amide bonds. The Morgan fingerprint density at radius 1 is 0.909 bits per heavy atom. The fraction of sp³-hybridized carbons (Fsp3) is 0.407. The van der Waals surface area contributed by atoms with E-state index in [1.165, 1.54) is 5.69 Å². The Morgan fingerprint density at radius 3 is 2.18 bits per heavy atom. The fourth-order valence-corrected chi connectivity index (χ4v) is 8.72. The molecular formula is C27H36N3O2P. The number of furan rings is 1. The summed E-state index contributed by atoms with van der Waals surface area (Å²) in [6.45, 7) is 15.3. The largest absolute Gasteiger partial charge is 0.492 e. The molecule has 0 aliphatic carbocycles. The molecule has 1 aromatic heterocycles. The van der Waals surface area contributed by atoms with Crippen LogP contribution in [0, 0.1) is 6.92 Å². The fourth-order valence-electron chi connectivity index (χ4n) is 4.63. The number of anilines is 1. The molecule has 2 aromatic carbocycles. The summed E-state index contributed by atoms with van der Waals surface area (Å²) in [6.07, 6.45) is 0. The second-order valence-corrected chi connectivity index (χ2v) is 13.2. The summed E-state index contributed by atoms with van der Waals surface area (Å²) in [4.78, 5) is 2.44. The predicted octanol–water partition coefficient (Wildman–Crippen LogP) is 6.68. The van der Waals surface area contributed by atoms with E-state index in [9.17, 15) is 0 Å². The molecule has 0 saturated carbocycles. The van der Waals surface area contributed by atoms with Gasteiger partial charge in [-0.2, -0.15) is 0 Å². The van der Waals surface area contributed by atoms with Crippen molar-refractivity contribution in [3.05, 3.63) is 72.5 Å². The molecular weight excluding hydrogens is 429 g/mol. The first-order valence-electron chi connectivity index (χ1n) is 11.8. The Kier molecular flexibility index (Phi) is 7.02. The van der Waals surface area contributed by atoms with Crippen LogP contribution in [0.2, 0.25) is 0 Å². The van der Waals surface area contributed by atoms with Crippen LogP contribution in [0.3, 0.4) is 0 Å². The molecule has 0 spiro atoms. The molecule has 1 saturated heterocycles. The highest BCUT2D eigenvalue weighted by Crippen LogP contribution is 2.64. The maximum Gasteiger partial charge on any atom is 0.157 e. The van der Waals surface area contributed by atoms with Gasteiger partial charge in [0, 0.05) is 31.3 Å². The van der Waals surface area contributed by atoms with Crippen molar-refractivity contribution in [2.75, 3.05) is 37.7 Å². The van der Waals surface area contributed by atoms with Gasteiger partial charge in [0.05, 0.1) is 18.0 Å². The summed E-state index contributed by atoms with van der Waals surface area (Å²) in [5, 5.41) is -0.0848. The van der Waals surface area contributed by atoms with Gasteiger partial charge in [0.1, 0.15) is 18.7 Å². The molecule has 0 bridgehead atoms. The first-order valence-corrected chi connectivity index (χ1v) is 13.5. The second kappa shape index (κ2) is 9.79. The van der Waals surface area contributed by atoms with E-state index in [2.05, 4.69) is 84.9 Å². The quantitative estimate of drug-likeness (QED) is 0.381. The highest BCUT2D eigenvalue weighted by Gasteiger charge is 2.44. The summed E-state index contributed by atoms with van der Waals surface area (Å²) < 4.78 is 20.4. The van der Waals surface area contributed by atoms with Gasteiger partial charge in [0.15, 0.2) is 5.50 Å². The maximum atomic E-state index is 6.34. The SMILES string of the molecule is CCOc1ccccc1N1CCN([P@@](=Nc2ccccc2)(c2ccc(C)o2)C(C)(C)C)CC1. The van der Waals surface area contributed by atoms with Crippen molar-refractivity contribution < 1.29 is 9.15 Å². The summed E-state index contributed by atoms with van der Waals surface area (Å²) in [7, 11) is -2.22. The monoisotopic (exact) mass is 465 g/mol. The Balaban J connectivity index is 1.74. The third-order valence-electron chi connectivity index (χ3n) is 6.16. The smallest absolute Gasteiger partial charge is 0.157 e. The molecule has 1 atom stereocenters. The zero-order valence-electron chi connectivity index (χ0n) is 20.5. The first kappa shape index (κ1) is 23.7. The Labute approximate surface area is 198 Å². The van der Waals surface area contributed by atoms with Crippen LogP contribution in [0.5, 0.6) is 5.75 Å². The zero-order valence-corrected chi connectivity index (χ0v) is 21.4. The van der Waals surface area contributed by atoms with Gasteiger partial charge in [-0.25, -0.2) is 4.74 Å². The number of para-hydroxylation sites is 2. The Hall–Kier alpha value is -2.49. The summed E-state index contributed by atoms with van der Waals surface area (Å²) in [5.41, 5.74) is 3.20. The van der Waals surface area contributed by atoms with Gasteiger partial charge in [-0.05, 0) is 50.2 Å². The first-order chi connectivity index (χ1) is 15.8. The van der Waals surface area contributed by atoms with Crippen molar-refractivity contribution in [1.29, 1.82) is 0 Å². The average Bonchev–Trinajstić information content (AvgIpc) is 3.24. The Bertz CT molecular complexity index is 1110. The third-order valence-corrected chi connectivity index (χ3v) is 10.6. The van der Waals surface area contributed by atoms with Crippen LogP contribution in [0.15, 0.2) is 75.9 Å². The molecule has 33 heavy (non-hydrogen) atoms. The van der Waals surface area contributed by atoms with Crippen LogP contribution < -0.4 is 15.1 Å². The number of hydrogen-bond donors (Lipinski definition) is 0. The molecule has 5 nitrogen and oxygen atoms in total. The van der Waals surface area contributed by atoms with Crippen LogP contribution >= 0.6 is 7.21 Å². The van der Waals surface area contributed by atoms with Crippen LogP contribution in [-0.2, 0) is 0 Å². The van der Waals surface area contributed by atoms with E-state index < -0.39 is 7.21 Å². The van der Waals surface area contributed by atoms with Crippen molar-refractivity contribution in [2.45, 2.75) is 39.8 Å². The third kappa shape index (κ3) is 4.76. The molecule has 0 N–H and O–H groups in total. The van der Waals surface area contributed by atoms with Crippen LogP contribution in [0.4, 0.5) is 11.4 Å². The van der Waals surface area contributed by atoms with Crippen molar-refractivity contribution in [3.63, 3.8) is 0 Å². The molecule has 2 heterocycles. The van der Waals surface area contributed by atoms with E-state index in [0.29, 0.717) is 6.61 Å². The van der Waals surface area contributed by atoms with Crippen molar-refractivity contribution in [3.8, 4) is 5.75 Å². The van der Waals surface area contributed by atoms with Gasteiger partial charge < -0.3 is 14.1 Å². The van der Waals surface area contributed by atoms with Crippen LogP contribution in [-0.4, -0.2) is 42.6 Å². The zero-order chi connectivity index (χ0) is 23.5. The van der Waals surface area contributed by atoms with E-state index >= 15 is 0 Å². The molecule has 1 aliphatic heterocycles. The topological polar surface area (TPSA) is 41.2 Å². The highest BCUT2D eigenvalue weighted by atomic mass is 31.2. The van der Waals surface area contributed by atoms with Gasteiger partial charge in [-0.1, -0.05) is 51.1 Å². The van der Waals surface area contributed by atoms with Gasteiger partial charge in [-0.15, -0.1) is 0 Å².